The molecule has 3 aromatic rings. The number of fused-ring (bicyclic) bond motifs is 1. The summed E-state index contributed by atoms with van der Waals surface area (Å²) in [5, 5.41) is 7.68. The first-order valence-electron chi connectivity index (χ1n) is 9.95. The first kappa shape index (κ1) is 19.6. The molecule has 154 valence electrons. The Hall–Kier alpha value is -2.71. The van der Waals surface area contributed by atoms with Crippen molar-refractivity contribution in [2.75, 3.05) is 39.4 Å². The molecule has 1 N–H and O–H groups in total. The van der Waals surface area contributed by atoms with Crippen molar-refractivity contribution < 1.29 is 18.5 Å². The van der Waals surface area contributed by atoms with Crippen molar-refractivity contribution >= 4 is 17.0 Å². The number of rotatable bonds is 6. The number of furan rings is 1. The van der Waals surface area contributed by atoms with E-state index < -0.39 is 0 Å². The van der Waals surface area contributed by atoms with Crippen molar-refractivity contribution in [3.8, 4) is 11.3 Å². The number of pyridine rings is 1. The van der Waals surface area contributed by atoms with Gasteiger partial charge < -0.3 is 19.0 Å². The highest BCUT2D eigenvalue weighted by Crippen LogP contribution is 2.30. The molecule has 4 heterocycles. The number of hydrogen-bond acceptors (Lipinski definition) is 7. The summed E-state index contributed by atoms with van der Waals surface area (Å²) in [5.41, 5.74) is 3.02. The first-order valence-corrected chi connectivity index (χ1v) is 9.95. The summed E-state index contributed by atoms with van der Waals surface area (Å²) in [6.07, 6.45) is 0.884. The predicted octanol–water partition coefficient (Wildman–Crippen LogP) is 2.86. The topological polar surface area (TPSA) is 93.6 Å². The molecule has 0 aromatic carbocycles. The van der Waals surface area contributed by atoms with Crippen LogP contribution in [0, 0.1) is 20.8 Å². The molecule has 0 atom stereocenters. The van der Waals surface area contributed by atoms with Crippen LogP contribution in [0.2, 0.25) is 0 Å². The Morgan fingerprint density at radius 2 is 2.00 bits per heavy atom. The molecule has 0 saturated carbocycles. The fourth-order valence-corrected chi connectivity index (χ4v) is 3.72. The van der Waals surface area contributed by atoms with E-state index in [1.165, 1.54) is 0 Å². The monoisotopic (exact) mass is 398 g/mol. The third-order valence-corrected chi connectivity index (χ3v) is 5.22. The van der Waals surface area contributed by atoms with Crippen LogP contribution in [0.3, 0.4) is 0 Å². The molecule has 3 aromatic heterocycles. The Bertz CT molecular complexity index is 1020. The maximum atomic E-state index is 13.0. The zero-order valence-electron chi connectivity index (χ0n) is 17.1. The number of aryl methyl sites for hydroxylation is 3. The average Bonchev–Trinajstić information content (AvgIpc) is 3.26. The van der Waals surface area contributed by atoms with Crippen molar-refractivity contribution in [2.45, 2.75) is 27.2 Å². The van der Waals surface area contributed by atoms with E-state index in [4.69, 9.17) is 13.7 Å². The maximum absolute atomic E-state index is 13.0. The van der Waals surface area contributed by atoms with Gasteiger partial charge in [-0.3, -0.25) is 9.69 Å². The molecule has 4 rings (SSSR count). The molecular formula is C21H26N4O4. The summed E-state index contributed by atoms with van der Waals surface area (Å²) in [6, 6.07) is 3.71. The van der Waals surface area contributed by atoms with Crippen LogP contribution in [0.4, 0.5) is 0 Å². The van der Waals surface area contributed by atoms with Crippen LogP contribution in [0.25, 0.3) is 22.4 Å². The quantitative estimate of drug-likeness (QED) is 0.638. The molecule has 1 aliphatic heterocycles. The summed E-state index contributed by atoms with van der Waals surface area (Å²) in [4.78, 5) is 19.9. The number of nitrogens with one attached hydrogen (secondary N) is 1. The van der Waals surface area contributed by atoms with E-state index >= 15 is 0 Å². The van der Waals surface area contributed by atoms with Crippen LogP contribution < -0.4 is 5.32 Å². The summed E-state index contributed by atoms with van der Waals surface area (Å²) >= 11 is 0. The molecule has 1 fully saturated rings. The molecule has 0 bridgehead atoms. The first-order chi connectivity index (χ1) is 14.0. The summed E-state index contributed by atoms with van der Waals surface area (Å²) in [7, 11) is 0. The summed E-state index contributed by atoms with van der Waals surface area (Å²) < 4.78 is 16.4. The standard InChI is InChI=1S/C21H26N4O4/c1-13-11-16(15(3)28-13)18-12-17(19-14(2)24-29-21(19)23-18)20(26)22-5-4-6-25-7-9-27-10-8-25/h11-12H,4-10H2,1-3H3,(H,22,26). The number of carbonyl (C=O) groups is 1. The van der Waals surface area contributed by atoms with Crippen molar-refractivity contribution in [1.82, 2.24) is 20.4 Å². The Balaban J connectivity index is 1.52. The molecule has 1 aliphatic rings. The lowest BCUT2D eigenvalue weighted by atomic mass is 10.1. The van der Waals surface area contributed by atoms with E-state index in [2.05, 4.69) is 20.4 Å². The van der Waals surface area contributed by atoms with E-state index in [-0.39, 0.29) is 5.91 Å². The number of aromatic nitrogens is 2. The van der Waals surface area contributed by atoms with Gasteiger partial charge in [-0.2, -0.15) is 0 Å². The van der Waals surface area contributed by atoms with Gasteiger partial charge in [-0.15, -0.1) is 0 Å². The van der Waals surface area contributed by atoms with Crippen LogP contribution in [-0.4, -0.2) is 60.3 Å². The SMILES string of the molecule is Cc1cc(-c2cc(C(=O)NCCCN3CCOCC3)c3c(C)noc3n2)c(C)o1. The van der Waals surface area contributed by atoms with Crippen molar-refractivity contribution in [3.05, 3.63) is 34.9 Å². The Morgan fingerprint density at radius 1 is 1.21 bits per heavy atom. The fourth-order valence-electron chi connectivity index (χ4n) is 3.72. The van der Waals surface area contributed by atoms with Crippen molar-refractivity contribution in [3.63, 3.8) is 0 Å². The fraction of sp³-hybridized carbons (Fsp3) is 0.476. The molecule has 0 unspecified atom stereocenters. The lowest BCUT2D eigenvalue weighted by Crippen LogP contribution is -2.38. The van der Waals surface area contributed by atoms with Gasteiger partial charge in [0.1, 0.15) is 11.5 Å². The zero-order chi connectivity index (χ0) is 20.4. The highest BCUT2D eigenvalue weighted by atomic mass is 16.5. The minimum Gasteiger partial charge on any atom is -0.466 e. The molecular weight excluding hydrogens is 372 g/mol. The van der Waals surface area contributed by atoms with Gasteiger partial charge in [0.15, 0.2) is 0 Å². The van der Waals surface area contributed by atoms with Crippen molar-refractivity contribution in [2.24, 2.45) is 0 Å². The molecule has 29 heavy (non-hydrogen) atoms. The number of hydrogen-bond donors (Lipinski definition) is 1. The highest BCUT2D eigenvalue weighted by Gasteiger charge is 2.21. The van der Waals surface area contributed by atoms with Gasteiger partial charge in [-0.05, 0) is 45.9 Å². The molecule has 8 nitrogen and oxygen atoms in total. The number of ether oxygens (including phenoxy) is 1. The second-order valence-electron chi connectivity index (χ2n) is 7.39. The van der Waals surface area contributed by atoms with Gasteiger partial charge in [-0.1, -0.05) is 5.16 Å². The van der Waals surface area contributed by atoms with Crippen LogP contribution in [-0.2, 0) is 4.74 Å². The summed E-state index contributed by atoms with van der Waals surface area (Å²) in [5.74, 6) is 1.40. The van der Waals surface area contributed by atoms with Crippen LogP contribution >= 0.6 is 0 Å². The van der Waals surface area contributed by atoms with Gasteiger partial charge in [0.25, 0.3) is 11.6 Å². The molecule has 0 aliphatic carbocycles. The maximum Gasteiger partial charge on any atom is 0.259 e. The van der Waals surface area contributed by atoms with Gasteiger partial charge in [-0.25, -0.2) is 4.98 Å². The van der Waals surface area contributed by atoms with Crippen LogP contribution in [0.1, 0.15) is 34.0 Å². The van der Waals surface area contributed by atoms with Gasteiger partial charge in [0.2, 0.25) is 0 Å². The van der Waals surface area contributed by atoms with E-state index in [1.807, 2.05) is 26.8 Å². The predicted molar refractivity (Wildman–Crippen MR) is 108 cm³/mol. The largest absolute Gasteiger partial charge is 0.466 e. The van der Waals surface area contributed by atoms with Gasteiger partial charge >= 0.3 is 0 Å². The summed E-state index contributed by atoms with van der Waals surface area (Å²) in [6.45, 7) is 10.6. The van der Waals surface area contributed by atoms with E-state index in [1.54, 1.807) is 6.07 Å². The third-order valence-electron chi connectivity index (χ3n) is 5.22. The number of nitrogens with zero attached hydrogens (tertiary/aromatic N) is 3. The molecule has 0 spiro atoms. The highest BCUT2D eigenvalue weighted by molar-refractivity contribution is 6.07. The van der Waals surface area contributed by atoms with E-state index in [9.17, 15) is 4.79 Å². The lowest BCUT2D eigenvalue weighted by molar-refractivity contribution is 0.0374. The molecule has 1 amide bonds. The van der Waals surface area contributed by atoms with Crippen LogP contribution in [0.15, 0.2) is 21.1 Å². The average molecular weight is 398 g/mol. The molecule has 8 heteroatoms. The Labute approximate surface area is 169 Å². The smallest absolute Gasteiger partial charge is 0.259 e. The molecule has 0 radical (unpaired) electrons. The number of amides is 1. The zero-order valence-corrected chi connectivity index (χ0v) is 17.1. The Kier molecular flexibility index (Phi) is 5.64. The second-order valence-corrected chi connectivity index (χ2v) is 7.39. The number of morpholine rings is 1. The minimum atomic E-state index is -0.148. The van der Waals surface area contributed by atoms with Crippen LogP contribution in [0.5, 0.6) is 0 Å². The second kappa shape index (κ2) is 8.34. The molecule has 1 saturated heterocycles. The lowest BCUT2D eigenvalue weighted by Gasteiger charge is -2.26. The third kappa shape index (κ3) is 4.18. The number of carbonyl (C=O) groups excluding carboxylic acids is 1. The van der Waals surface area contributed by atoms with Crippen molar-refractivity contribution in [1.29, 1.82) is 0 Å². The van der Waals surface area contributed by atoms with Gasteiger partial charge in [0, 0.05) is 25.2 Å². The minimum absolute atomic E-state index is 0.148. The van der Waals surface area contributed by atoms with E-state index in [0.29, 0.717) is 34.6 Å². The Morgan fingerprint density at radius 3 is 2.72 bits per heavy atom. The van der Waals surface area contributed by atoms with Gasteiger partial charge in [0.05, 0.1) is 35.6 Å². The van der Waals surface area contributed by atoms with E-state index in [0.717, 1.165) is 56.4 Å². The normalized spacial score (nSPS) is 15.1.